The summed E-state index contributed by atoms with van der Waals surface area (Å²) >= 11 is 12.8. The lowest BCUT2D eigenvalue weighted by Crippen LogP contribution is -2.33. The van der Waals surface area contributed by atoms with E-state index in [0.29, 0.717) is 33.6 Å². The molecule has 15 heteroatoms. The van der Waals surface area contributed by atoms with E-state index in [0.717, 1.165) is 149 Å². The number of fused-ring (bicyclic) bond motifs is 2. The van der Waals surface area contributed by atoms with E-state index in [1.807, 2.05) is 12.3 Å². The largest absolute Gasteiger partial charge is 0.504 e. The second-order valence-corrected chi connectivity index (χ2v) is 22.6. The summed E-state index contributed by atoms with van der Waals surface area (Å²) in [5.41, 5.74) is 8.60. The van der Waals surface area contributed by atoms with Crippen molar-refractivity contribution in [2.45, 2.75) is 95.9 Å². The molecule has 1 atom stereocenters. The number of Topliss-reactive ketones (excluding diaryl/α,β-unsaturated/α-hetero) is 2. The van der Waals surface area contributed by atoms with Gasteiger partial charge in [-0.3, -0.25) is 19.6 Å². The van der Waals surface area contributed by atoms with E-state index in [9.17, 15) is 24.2 Å². The lowest BCUT2D eigenvalue weighted by Gasteiger charge is -2.33. The van der Waals surface area contributed by atoms with Gasteiger partial charge in [0.25, 0.3) is 0 Å². The Labute approximate surface area is 458 Å². The molecule has 7 aromatic rings. The zero-order valence-corrected chi connectivity index (χ0v) is 45.1. The lowest BCUT2D eigenvalue weighted by atomic mass is 9.85. The minimum atomic E-state index is -0.969. The van der Waals surface area contributed by atoms with Gasteiger partial charge in [0.15, 0.2) is 34.6 Å². The summed E-state index contributed by atoms with van der Waals surface area (Å²) in [6.07, 6.45) is 15.1. The maximum Gasteiger partial charge on any atom is 0.176 e. The van der Waals surface area contributed by atoms with Crippen LogP contribution in [-0.2, 0) is 6.42 Å². The molecular formula is C62H64Cl2F2N6O5. The Morgan fingerprint density at radius 3 is 2.23 bits per heavy atom. The number of benzene rings is 5. The van der Waals surface area contributed by atoms with Crippen molar-refractivity contribution in [2.75, 3.05) is 57.0 Å². The molecule has 4 heterocycles. The number of hydrogen-bond donors (Lipinski definition) is 4. The average molecular weight is 1080 g/mol. The Kier molecular flexibility index (Phi) is 15.4. The molecule has 4 aliphatic rings. The number of ketones is 2. The summed E-state index contributed by atoms with van der Waals surface area (Å²) in [6.45, 7) is 7.43. The Morgan fingerprint density at radius 2 is 1.48 bits per heavy atom. The first-order chi connectivity index (χ1) is 37.3. The second-order valence-electron chi connectivity index (χ2n) is 21.8. The van der Waals surface area contributed by atoms with Crippen molar-refractivity contribution in [3.05, 3.63) is 129 Å². The molecule has 11 nitrogen and oxygen atoms in total. The van der Waals surface area contributed by atoms with Crippen LogP contribution in [0.5, 0.6) is 17.2 Å². The van der Waals surface area contributed by atoms with Crippen molar-refractivity contribution < 1.29 is 33.3 Å². The maximum absolute atomic E-state index is 15.6. The molecule has 77 heavy (non-hydrogen) atoms. The van der Waals surface area contributed by atoms with Crippen molar-refractivity contribution in [3.8, 4) is 39.5 Å². The van der Waals surface area contributed by atoms with E-state index in [-0.39, 0.29) is 62.1 Å². The van der Waals surface area contributed by atoms with Crippen LogP contribution >= 0.6 is 23.2 Å². The number of methoxy groups -OCH3 is 1. The molecule has 0 bridgehead atoms. The van der Waals surface area contributed by atoms with Crippen molar-refractivity contribution in [1.82, 2.24) is 19.8 Å². The third kappa shape index (κ3) is 11.1. The molecular weight excluding hydrogens is 1020 g/mol. The van der Waals surface area contributed by atoms with Gasteiger partial charge < -0.3 is 35.4 Å². The normalized spacial score (nSPS) is 19.4. The molecule has 0 radical (unpaired) electrons. The van der Waals surface area contributed by atoms with Gasteiger partial charge in [-0.1, -0.05) is 48.2 Å². The van der Waals surface area contributed by atoms with Gasteiger partial charge in [0.2, 0.25) is 0 Å². The van der Waals surface area contributed by atoms with E-state index in [2.05, 4.69) is 61.8 Å². The third-order valence-electron chi connectivity index (χ3n) is 16.8. The Bertz CT molecular complexity index is 3390. The highest BCUT2D eigenvalue weighted by molar-refractivity contribution is 6.33. The Morgan fingerprint density at radius 1 is 0.740 bits per heavy atom. The van der Waals surface area contributed by atoms with Crippen LogP contribution in [0.15, 0.2) is 85.2 Å². The highest BCUT2D eigenvalue weighted by Gasteiger charge is 2.33. The number of pyridine rings is 2. The monoisotopic (exact) mass is 1080 g/mol. The summed E-state index contributed by atoms with van der Waals surface area (Å²) in [5, 5.41) is 29.5. The fourth-order valence-corrected chi connectivity index (χ4v) is 13.0. The van der Waals surface area contributed by atoms with Gasteiger partial charge in [-0.25, -0.2) is 8.78 Å². The fourth-order valence-electron chi connectivity index (χ4n) is 12.6. The highest BCUT2D eigenvalue weighted by Crippen LogP contribution is 2.45. The predicted octanol–water partition coefficient (Wildman–Crippen LogP) is 14.5. The van der Waals surface area contributed by atoms with Crippen LogP contribution in [0.4, 0.5) is 25.8 Å². The second kappa shape index (κ2) is 22.5. The summed E-state index contributed by atoms with van der Waals surface area (Å²) in [7, 11) is 1.51. The Balaban J connectivity index is 0.866. The lowest BCUT2D eigenvalue weighted by molar-refractivity contribution is 0.0922. The summed E-state index contributed by atoms with van der Waals surface area (Å²) in [5.74, 6) is -1.74. The number of rotatable bonds is 16. The van der Waals surface area contributed by atoms with Crippen LogP contribution in [0, 0.1) is 23.5 Å². The van der Waals surface area contributed by atoms with Crippen molar-refractivity contribution in [2.24, 2.45) is 11.8 Å². The van der Waals surface area contributed by atoms with Gasteiger partial charge in [-0.15, -0.1) is 0 Å². The SMILES string of the molecule is COc1cc(-c2cc(C3CCN(CC4CCC(Nc5c(C(C)=O)cnc6cc(F)c(-c7cc(F)c(O)c(Cl)c7)cc56)CC4)C3)c3ncc(C(=O)C4CCCC4)c(Nc4cccc(CCN5CCCC5)c4)c3c2)cc(Cl)c1O. The first kappa shape index (κ1) is 52.7. The number of aromatic hydroxyl groups is 2. The van der Waals surface area contributed by atoms with Crippen molar-refractivity contribution in [1.29, 1.82) is 0 Å². The van der Waals surface area contributed by atoms with Gasteiger partial charge in [0, 0.05) is 72.1 Å². The van der Waals surface area contributed by atoms with Gasteiger partial charge in [0.1, 0.15) is 5.82 Å². The number of phenolic OH excluding ortho intramolecular Hbond substituents is 2. The number of phenols is 2. The molecule has 2 saturated heterocycles. The van der Waals surface area contributed by atoms with E-state index < -0.39 is 17.4 Å². The predicted molar refractivity (Wildman–Crippen MR) is 303 cm³/mol. The van der Waals surface area contributed by atoms with Crippen LogP contribution in [0.2, 0.25) is 10.0 Å². The van der Waals surface area contributed by atoms with E-state index in [1.54, 1.807) is 12.1 Å². The standard InChI is InChI=1S/C62H64Cl2F2N6O5/c1-35(73)49-31-67-55-30-53(65)45(42-26-51(63)61(75)54(66)27-42)29-47(55)58(49)69-43-14-12-37(13-15-43)33-72-21-17-39(34-72)46-23-40(41-25-52(64)62(76)56(28-41)77-2)24-48-57(46)68-32-50(60(74)38-9-3-4-10-38)59(48)70-44-11-7-8-36(22-44)16-20-71-18-5-6-19-71/h7-8,11,22-32,37-39,43,75-76H,3-6,9-10,12-21,33-34H2,1-2H3,(H,67,69)(H,68,70). The molecule has 1 unspecified atom stereocenters. The quantitative estimate of drug-likeness (QED) is 0.0688. The molecule has 2 aliphatic heterocycles. The van der Waals surface area contributed by atoms with Crippen molar-refractivity contribution in [3.63, 3.8) is 0 Å². The summed E-state index contributed by atoms with van der Waals surface area (Å²) in [6, 6.07) is 21.7. The number of nitrogens with one attached hydrogen (secondary N) is 2. The molecule has 11 rings (SSSR count). The number of nitrogens with zero attached hydrogens (tertiary/aromatic N) is 4. The van der Waals surface area contributed by atoms with Crippen LogP contribution in [0.25, 0.3) is 44.1 Å². The van der Waals surface area contributed by atoms with E-state index >= 15 is 4.39 Å². The molecule has 5 aromatic carbocycles. The van der Waals surface area contributed by atoms with Gasteiger partial charge in [-0.2, -0.15) is 0 Å². The molecule has 4 N–H and O–H groups in total. The van der Waals surface area contributed by atoms with Crippen LogP contribution in [-0.4, -0.2) is 94.0 Å². The van der Waals surface area contributed by atoms with Crippen LogP contribution in [0.1, 0.15) is 115 Å². The molecule has 4 fully saturated rings. The summed E-state index contributed by atoms with van der Waals surface area (Å²) in [4.78, 5) is 42.4. The van der Waals surface area contributed by atoms with Gasteiger partial charge in [-0.05, 0) is 185 Å². The number of halogens is 4. The minimum Gasteiger partial charge on any atom is -0.504 e. The Hall–Kier alpha value is -6.38. The van der Waals surface area contributed by atoms with Crippen LogP contribution < -0.4 is 15.4 Å². The van der Waals surface area contributed by atoms with Crippen LogP contribution in [0.3, 0.4) is 0 Å². The fraction of sp³-hybridized carbons (Fsp3) is 0.387. The minimum absolute atomic E-state index is 0.0354. The average Bonchev–Trinajstić information content (AvgIpc) is 4.30. The number of ether oxygens (including phenoxy) is 1. The molecule has 400 valence electrons. The number of carbonyl (C=O) groups is 2. The van der Waals surface area contributed by atoms with Gasteiger partial charge >= 0.3 is 0 Å². The first-order valence-electron chi connectivity index (χ1n) is 27.2. The van der Waals surface area contributed by atoms with Gasteiger partial charge in [0.05, 0.1) is 50.7 Å². The summed E-state index contributed by atoms with van der Waals surface area (Å²) < 4.78 is 35.8. The van der Waals surface area contributed by atoms with E-state index in [1.165, 1.54) is 50.8 Å². The molecule has 0 spiro atoms. The van der Waals surface area contributed by atoms with Crippen molar-refractivity contribution >= 4 is 73.6 Å². The zero-order valence-electron chi connectivity index (χ0n) is 43.5. The highest BCUT2D eigenvalue weighted by atomic mass is 35.5. The third-order valence-corrected chi connectivity index (χ3v) is 17.3. The number of hydrogen-bond acceptors (Lipinski definition) is 11. The zero-order chi connectivity index (χ0) is 53.5. The maximum atomic E-state index is 15.6. The number of carbonyl (C=O) groups excluding carboxylic acids is 2. The number of likely N-dealkylation sites (tertiary alicyclic amines) is 2. The number of anilines is 3. The molecule has 2 saturated carbocycles. The molecule has 2 aromatic heterocycles. The molecule has 2 aliphatic carbocycles. The van der Waals surface area contributed by atoms with E-state index in [4.69, 9.17) is 32.9 Å². The topological polar surface area (TPSA) is 140 Å². The number of aromatic nitrogens is 2. The first-order valence-corrected chi connectivity index (χ1v) is 28.0. The smallest absolute Gasteiger partial charge is 0.176 e. The molecule has 0 amide bonds.